The number of nitrogens with two attached hydrogens (primary N) is 1. The molecule has 1 aliphatic carbocycles. The van der Waals surface area contributed by atoms with Gasteiger partial charge in [-0.15, -0.1) is 0 Å². The first kappa shape index (κ1) is 12.5. The van der Waals surface area contributed by atoms with Crippen LogP contribution in [0.4, 0.5) is 4.39 Å². The van der Waals surface area contributed by atoms with Crippen LogP contribution in [0, 0.1) is 11.7 Å². The molecule has 1 aliphatic rings. The van der Waals surface area contributed by atoms with E-state index in [1.54, 1.807) is 18.2 Å². The van der Waals surface area contributed by atoms with Gasteiger partial charge in [-0.2, -0.15) is 0 Å². The van der Waals surface area contributed by atoms with E-state index >= 15 is 0 Å². The van der Waals surface area contributed by atoms with Gasteiger partial charge in [0.05, 0.1) is 12.6 Å². The van der Waals surface area contributed by atoms with Gasteiger partial charge in [0, 0.05) is 12.2 Å². The molecule has 1 atom stereocenters. The van der Waals surface area contributed by atoms with Crippen molar-refractivity contribution in [3.8, 4) is 0 Å². The highest BCUT2D eigenvalue weighted by Gasteiger charge is 2.16. The largest absolute Gasteiger partial charge is 0.379 e. The zero-order valence-corrected chi connectivity index (χ0v) is 10.1. The van der Waals surface area contributed by atoms with Crippen molar-refractivity contribution in [2.45, 2.75) is 31.7 Å². The zero-order chi connectivity index (χ0) is 12.1. The summed E-state index contributed by atoms with van der Waals surface area (Å²) >= 11 is 0. The quantitative estimate of drug-likeness (QED) is 0.854. The van der Waals surface area contributed by atoms with Crippen molar-refractivity contribution < 1.29 is 9.13 Å². The van der Waals surface area contributed by atoms with Crippen LogP contribution in [0.15, 0.2) is 24.3 Å². The lowest BCUT2D eigenvalue weighted by molar-refractivity contribution is 0.0898. The fourth-order valence-corrected chi connectivity index (χ4v) is 2.40. The Labute approximate surface area is 102 Å². The molecule has 0 saturated heterocycles. The average molecular weight is 237 g/mol. The van der Waals surface area contributed by atoms with Crippen molar-refractivity contribution >= 4 is 0 Å². The van der Waals surface area contributed by atoms with E-state index in [1.807, 2.05) is 0 Å². The molecule has 1 aromatic rings. The predicted octanol–water partition coefficient (Wildman–Crippen LogP) is 3.03. The second-order valence-corrected chi connectivity index (χ2v) is 4.82. The summed E-state index contributed by atoms with van der Waals surface area (Å²) in [6, 6.07) is 6.27. The molecule has 3 heteroatoms. The molecular formula is C14H20FNO. The van der Waals surface area contributed by atoms with Gasteiger partial charge in [-0.25, -0.2) is 4.39 Å². The Morgan fingerprint density at radius 3 is 2.71 bits per heavy atom. The average Bonchev–Trinajstić information content (AvgIpc) is 2.82. The molecule has 2 N–H and O–H groups in total. The van der Waals surface area contributed by atoms with Gasteiger partial charge in [0.2, 0.25) is 0 Å². The van der Waals surface area contributed by atoms with Crippen LogP contribution in [0.5, 0.6) is 0 Å². The van der Waals surface area contributed by atoms with Gasteiger partial charge >= 0.3 is 0 Å². The number of benzene rings is 1. The first-order chi connectivity index (χ1) is 8.27. The molecule has 17 heavy (non-hydrogen) atoms. The molecule has 0 aliphatic heterocycles. The fraction of sp³-hybridized carbons (Fsp3) is 0.571. The van der Waals surface area contributed by atoms with Crippen molar-refractivity contribution in [2.24, 2.45) is 11.7 Å². The Kier molecular flexibility index (Phi) is 4.51. The molecular weight excluding hydrogens is 217 g/mol. The summed E-state index contributed by atoms with van der Waals surface area (Å²) in [5.74, 6) is 0.437. The molecule has 94 valence electrons. The Balaban J connectivity index is 1.77. The van der Waals surface area contributed by atoms with Crippen molar-refractivity contribution in [3.63, 3.8) is 0 Å². The third-order valence-electron chi connectivity index (χ3n) is 3.43. The summed E-state index contributed by atoms with van der Waals surface area (Å²) < 4.78 is 19.0. The molecule has 0 amide bonds. The Morgan fingerprint density at radius 2 is 2.00 bits per heavy atom. The third-order valence-corrected chi connectivity index (χ3v) is 3.43. The first-order valence-electron chi connectivity index (χ1n) is 6.35. The van der Waals surface area contributed by atoms with E-state index < -0.39 is 0 Å². The number of hydrogen-bond acceptors (Lipinski definition) is 2. The molecule has 2 rings (SSSR count). The Morgan fingerprint density at radius 1 is 1.29 bits per heavy atom. The zero-order valence-electron chi connectivity index (χ0n) is 10.1. The van der Waals surface area contributed by atoms with Gasteiger partial charge < -0.3 is 10.5 Å². The number of halogens is 1. The topological polar surface area (TPSA) is 35.2 Å². The van der Waals surface area contributed by atoms with E-state index in [-0.39, 0.29) is 11.9 Å². The minimum atomic E-state index is -0.363. The molecule has 1 unspecified atom stereocenters. The van der Waals surface area contributed by atoms with E-state index in [1.165, 1.54) is 31.7 Å². The lowest BCUT2D eigenvalue weighted by Crippen LogP contribution is -2.20. The monoisotopic (exact) mass is 237 g/mol. The standard InChI is InChI=1S/C14H20FNO/c15-13-8-4-3-7-12(13)14(16)10-17-9-11-5-1-2-6-11/h3-4,7-8,11,14H,1-2,5-6,9-10,16H2. The van der Waals surface area contributed by atoms with Crippen LogP contribution in [-0.4, -0.2) is 13.2 Å². The van der Waals surface area contributed by atoms with Gasteiger partial charge in [0.25, 0.3) is 0 Å². The van der Waals surface area contributed by atoms with Crippen LogP contribution in [0.25, 0.3) is 0 Å². The number of hydrogen-bond donors (Lipinski definition) is 1. The van der Waals surface area contributed by atoms with E-state index in [0.29, 0.717) is 18.1 Å². The van der Waals surface area contributed by atoms with Gasteiger partial charge in [0.1, 0.15) is 5.82 Å². The molecule has 1 fully saturated rings. The molecule has 0 bridgehead atoms. The van der Waals surface area contributed by atoms with Crippen LogP contribution in [0.2, 0.25) is 0 Å². The Bertz CT molecular complexity index is 350. The van der Waals surface area contributed by atoms with Gasteiger partial charge in [-0.3, -0.25) is 0 Å². The van der Waals surface area contributed by atoms with Gasteiger partial charge in [-0.05, 0) is 24.8 Å². The normalized spacial score (nSPS) is 18.5. The van der Waals surface area contributed by atoms with E-state index in [9.17, 15) is 4.39 Å². The lowest BCUT2D eigenvalue weighted by atomic mass is 10.1. The third kappa shape index (κ3) is 3.51. The SMILES string of the molecule is NC(COCC1CCCC1)c1ccccc1F. The van der Waals surface area contributed by atoms with E-state index in [2.05, 4.69) is 0 Å². The molecule has 0 heterocycles. The predicted molar refractivity (Wildman–Crippen MR) is 66.1 cm³/mol. The summed E-state index contributed by atoms with van der Waals surface area (Å²) in [4.78, 5) is 0. The molecule has 0 spiro atoms. The first-order valence-corrected chi connectivity index (χ1v) is 6.35. The van der Waals surface area contributed by atoms with Gasteiger partial charge in [0.15, 0.2) is 0 Å². The highest BCUT2D eigenvalue weighted by molar-refractivity contribution is 5.20. The summed E-state index contributed by atoms with van der Waals surface area (Å²) in [7, 11) is 0. The van der Waals surface area contributed by atoms with E-state index in [4.69, 9.17) is 10.5 Å². The summed E-state index contributed by atoms with van der Waals surface area (Å²) in [5.41, 5.74) is 6.46. The van der Waals surface area contributed by atoms with Crippen molar-refractivity contribution in [1.29, 1.82) is 0 Å². The minimum Gasteiger partial charge on any atom is -0.379 e. The van der Waals surface area contributed by atoms with Crippen molar-refractivity contribution in [3.05, 3.63) is 35.6 Å². The van der Waals surface area contributed by atoms with Crippen LogP contribution < -0.4 is 5.73 Å². The molecule has 0 aromatic heterocycles. The van der Waals surface area contributed by atoms with Crippen LogP contribution in [0.1, 0.15) is 37.3 Å². The summed E-state index contributed by atoms with van der Waals surface area (Å²) in [6.07, 6.45) is 5.14. The second-order valence-electron chi connectivity index (χ2n) is 4.82. The molecule has 1 saturated carbocycles. The van der Waals surface area contributed by atoms with E-state index in [0.717, 1.165) is 6.61 Å². The maximum atomic E-state index is 13.4. The lowest BCUT2D eigenvalue weighted by Gasteiger charge is -2.15. The van der Waals surface area contributed by atoms with Crippen LogP contribution >= 0.6 is 0 Å². The van der Waals surface area contributed by atoms with Crippen LogP contribution in [0.3, 0.4) is 0 Å². The van der Waals surface area contributed by atoms with Crippen molar-refractivity contribution in [1.82, 2.24) is 0 Å². The van der Waals surface area contributed by atoms with Crippen LogP contribution in [-0.2, 0) is 4.74 Å². The number of ether oxygens (including phenoxy) is 1. The van der Waals surface area contributed by atoms with Crippen molar-refractivity contribution in [2.75, 3.05) is 13.2 Å². The second kappa shape index (κ2) is 6.12. The smallest absolute Gasteiger partial charge is 0.128 e. The fourth-order valence-electron chi connectivity index (χ4n) is 2.40. The van der Waals surface area contributed by atoms with Gasteiger partial charge in [-0.1, -0.05) is 31.0 Å². The molecule has 1 aromatic carbocycles. The maximum Gasteiger partial charge on any atom is 0.128 e. The summed E-state index contributed by atoms with van der Waals surface area (Å²) in [5, 5.41) is 0. The minimum absolute atomic E-state index is 0.246. The highest BCUT2D eigenvalue weighted by atomic mass is 19.1. The maximum absolute atomic E-state index is 13.4. The summed E-state index contributed by atoms with van der Waals surface area (Å²) in [6.45, 7) is 1.17. The molecule has 2 nitrogen and oxygen atoms in total. The molecule has 0 radical (unpaired) electrons. The highest BCUT2D eigenvalue weighted by Crippen LogP contribution is 2.25. The number of rotatable bonds is 5. The Hall–Kier alpha value is -0.930.